The monoisotopic (exact) mass is 280 g/mol. The van der Waals surface area contributed by atoms with Crippen LogP contribution in [0.15, 0.2) is 12.1 Å². The summed E-state index contributed by atoms with van der Waals surface area (Å²) in [6, 6.07) is 3.09. The van der Waals surface area contributed by atoms with Gasteiger partial charge < -0.3 is 9.84 Å². The first kappa shape index (κ1) is 14.8. The number of carboxylic acids is 1. The molecule has 2 rings (SSSR count). The van der Waals surface area contributed by atoms with E-state index >= 15 is 0 Å². The molecule has 4 heteroatoms. The van der Waals surface area contributed by atoms with Crippen LogP contribution in [0.4, 0.5) is 4.39 Å². The Kier molecular flexibility index (Phi) is 4.02. The van der Waals surface area contributed by atoms with Crippen molar-refractivity contribution in [3.05, 3.63) is 29.1 Å². The molecule has 0 atom stereocenters. The fraction of sp³-hybridized carbons (Fsp3) is 0.562. The van der Waals surface area contributed by atoms with Crippen molar-refractivity contribution in [3.63, 3.8) is 0 Å². The molecule has 0 saturated heterocycles. The van der Waals surface area contributed by atoms with Crippen molar-refractivity contribution in [1.29, 1.82) is 0 Å². The molecule has 3 nitrogen and oxygen atoms in total. The molecule has 1 N–H and O–H groups in total. The van der Waals surface area contributed by atoms with Crippen molar-refractivity contribution in [1.82, 2.24) is 0 Å². The molecule has 0 unspecified atom stereocenters. The highest BCUT2D eigenvalue weighted by Gasteiger charge is 2.43. The standard InChI is InChI=1S/C16H21FO3/c1-10(2)14-12(17)8-11(9-13(14)20-3)16(15(18)19)6-4-5-7-16/h8-10H,4-7H2,1-3H3,(H,18,19). The van der Waals surface area contributed by atoms with Gasteiger partial charge >= 0.3 is 5.97 Å². The van der Waals surface area contributed by atoms with Gasteiger partial charge in [-0.15, -0.1) is 0 Å². The molecule has 1 fully saturated rings. The van der Waals surface area contributed by atoms with Crippen LogP contribution >= 0.6 is 0 Å². The molecule has 110 valence electrons. The fourth-order valence-electron chi connectivity index (χ4n) is 3.20. The van der Waals surface area contributed by atoms with Crippen LogP contribution in [0.3, 0.4) is 0 Å². The lowest BCUT2D eigenvalue weighted by molar-refractivity contribution is -0.143. The van der Waals surface area contributed by atoms with Gasteiger partial charge in [0.1, 0.15) is 11.6 Å². The zero-order valence-electron chi connectivity index (χ0n) is 12.2. The van der Waals surface area contributed by atoms with E-state index in [4.69, 9.17) is 4.74 Å². The van der Waals surface area contributed by atoms with E-state index in [0.29, 0.717) is 29.7 Å². The van der Waals surface area contributed by atoms with E-state index < -0.39 is 11.4 Å². The molecule has 1 aliphatic rings. The van der Waals surface area contributed by atoms with Crippen LogP contribution in [0, 0.1) is 5.82 Å². The minimum Gasteiger partial charge on any atom is -0.496 e. The Bertz CT molecular complexity index is 517. The molecular formula is C16H21FO3. The minimum atomic E-state index is -0.955. The predicted molar refractivity (Wildman–Crippen MR) is 74.8 cm³/mol. The van der Waals surface area contributed by atoms with Gasteiger partial charge in [-0.05, 0) is 36.5 Å². The topological polar surface area (TPSA) is 46.5 Å². The molecule has 1 aromatic rings. The summed E-state index contributed by atoms with van der Waals surface area (Å²) in [4.78, 5) is 11.7. The van der Waals surface area contributed by atoms with Crippen molar-refractivity contribution in [2.24, 2.45) is 0 Å². The molecule has 1 saturated carbocycles. The molecule has 0 spiro atoms. The molecule has 0 aliphatic heterocycles. The summed E-state index contributed by atoms with van der Waals surface area (Å²) in [5.74, 6) is -0.804. The highest BCUT2D eigenvalue weighted by atomic mass is 19.1. The molecule has 0 amide bonds. The van der Waals surface area contributed by atoms with Gasteiger partial charge in [-0.3, -0.25) is 4.79 Å². The molecule has 0 radical (unpaired) electrons. The van der Waals surface area contributed by atoms with Crippen molar-refractivity contribution < 1.29 is 19.0 Å². The van der Waals surface area contributed by atoms with Crippen LogP contribution in [0.1, 0.15) is 56.6 Å². The van der Waals surface area contributed by atoms with Crippen LogP contribution in [-0.4, -0.2) is 18.2 Å². The Hall–Kier alpha value is -1.58. The number of carboxylic acid groups (broad SMARTS) is 1. The largest absolute Gasteiger partial charge is 0.496 e. The Morgan fingerprint density at radius 2 is 1.95 bits per heavy atom. The zero-order chi connectivity index (χ0) is 14.9. The first-order chi connectivity index (χ1) is 9.42. The van der Waals surface area contributed by atoms with E-state index in [1.807, 2.05) is 13.8 Å². The highest BCUT2D eigenvalue weighted by Crippen LogP contribution is 2.44. The Balaban J connectivity index is 2.58. The van der Waals surface area contributed by atoms with Crippen LogP contribution in [0.5, 0.6) is 5.75 Å². The summed E-state index contributed by atoms with van der Waals surface area (Å²) in [5.41, 5.74) is 0.0833. The van der Waals surface area contributed by atoms with E-state index in [2.05, 4.69) is 0 Å². The van der Waals surface area contributed by atoms with Gasteiger partial charge in [-0.1, -0.05) is 26.7 Å². The summed E-state index contributed by atoms with van der Waals surface area (Å²) >= 11 is 0. The highest BCUT2D eigenvalue weighted by molar-refractivity contribution is 5.82. The Morgan fingerprint density at radius 3 is 2.40 bits per heavy atom. The van der Waals surface area contributed by atoms with E-state index in [-0.39, 0.29) is 11.7 Å². The lowest BCUT2D eigenvalue weighted by Gasteiger charge is -2.26. The molecule has 20 heavy (non-hydrogen) atoms. The number of hydrogen-bond acceptors (Lipinski definition) is 2. The number of ether oxygens (including phenoxy) is 1. The van der Waals surface area contributed by atoms with E-state index in [0.717, 1.165) is 12.8 Å². The van der Waals surface area contributed by atoms with Gasteiger partial charge in [0.25, 0.3) is 0 Å². The second-order valence-electron chi connectivity index (χ2n) is 5.82. The Labute approximate surface area is 118 Å². The lowest BCUT2D eigenvalue weighted by Crippen LogP contribution is -2.32. The summed E-state index contributed by atoms with van der Waals surface area (Å²) in [6.45, 7) is 3.78. The number of benzene rings is 1. The predicted octanol–water partition coefficient (Wildman–Crippen LogP) is 3.85. The van der Waals surface area contributed by atoms with E-state index in [1.165, 1.54) is 13.2 Å². The molecule has 1 aliphatic carbocycles. The second-order valence-corrected chi connectivity index (χ2v) is 5.82. The smallest absolute Gasteiger partial charge is 0.314 e. The van der Waals surface area contributed by atoms with Crippen LogP contribution in [-0.2, 0) is 10.2 Å². The van der Waals surface area contributed by atoms with Crippen molar-refractivity contribution in [2.45, 2.75) is 50.9 Å². The van der Waals surface area contributed by atoms with Crippen LogP contribution < -0.4 is 4.74 Å². The van der Waals surface area contributed by atoms with Crippen molar-refractivity contribution in [3.8, 4) is 5.75 Å². The number of hydrogen-bond donors (Lipinski definition) is 1. The number of carbonyl (C=O) groups is 1. The quantitative estimate of drug-likeness (QED) is 0.911. The summed E-state index contributed by atoms with van der Waals surface area (Å²) in [6.07, 6.45) is 2.85. The first-order valence-electron chi connectivity index (χ1n) is 7.03. The molecule has 0 heterocycles. The normalized spacial score (nSPS) is 17.4. The number of aliphatic carboxylic acids is 1. The third kappa shape index (κ3) is 2.28. The lowest BCUT2D eigenvalue weighted by atomic mass is 9.78. The fourth-order valence-corrected chi connectivity index (χ4v) is 3.20. The molecule has 0 aromatic heterocycles. The van der Waals surface area contributed by atoms with Gasteiger partial charge in [0.05, 0.1) is 12.5 Å². The van der Waals surface area contributed by atoms with Gasteiger partial charge in [0, 0.05) is 5.56 Å². The van der Waals surface area contributed by atoms with E-state index in [9.17, 15) is 14.3 Å². The average molecular weight is 280 g/mol. The van der Waals surface area contributed by atoms with E-state index in [1.54, 1.807) is 6.07 Å². The summed E-state index contributed by atoms with van der Waals surface area (Å²) < 4.78 is 19.6. The summed E-state index contributed by atoms with van der Waals surface area (Å²) in [5, 5.41) is 9.59. The first-order valence-corrected chi connectivity index (χ1v) is 7.03. The minimum absolute atomic E-state index is 0.0108. The van der Waals surface area contributed by atoms with Gasteiger partial charge in [0.15, 0.2) is 0 Å². The van der Waals surface area contributed by atoms with Crippen molar-refractivity contribution >= 4 is 5.97 Å². The van der Waals surface area contributed by atoms with Crippen molar-refractivity contribution in [2.75, 3.05) is 7.11 Å². The molecular weight excluding hydrogens is 259 g/mol. The third-order valence-electron chi connectivity index (χ3n) is 4.31. The van der Waals surface area contributed by atoms with Gasteiger partial charge in [-0.2, -0.15) is 0 Å². The second kappa shape index (κ2) is 5.43. The number of rotatable bonds is 4. The maximum absolute atomic E-state index is 14.4. The third-order valence-corrected chi connectivity index (χ3v) is 4.31. The van der Waals surface area contributed by atoms with Crippen LogP contribution in [0.2, 0.25) is 0 Å². The number of halogens is 1. The average Bonchev–Trinajstić information content (AvgIpc) is 2.87. The maximum Gasteiger partial charge on any atom is 0.314 e. The molecule has 1 aromatic carbocycles. The maximum atomic E-state index is 14.4. The SMILES string of the molecule is COc1cc(C2(C(=O)O)CCCC2)cc(F)c1C(C)C. The van der Waals surface area contributed by atoms with Gasteiger partial charge in [-0.25, -0.2) is 4.39 Å². The zero-order valence-corrected chi connectivity index (χ0v) is 12.2. The molecule has 0 bridgehead atoms. The summed E-state index contributed by atoms with van der Waals surface area (Å²) in [7, 11) is 1.49. The van der Waals surface area contributed by atoms with Gasteiger partial charge in [0.2, 0.25) is 0 Å². The Morgan fingerprint density at radius 1 is 1.35 bits per heavy atom. The van der Waals surface area contributed by atoms with Crippen LogP contribution in [0.25, 0.3) is 0 Å². The number of methoxy groups -OCH3 is 1.